The van der Waals surface area contributed by atoms with Gasteiger partial charge in [0.25, 0.3) is 0 Å². The van der Waals surface area contributed by atoms with Crippen LogP contribution in [0.25, 0.3) is 11.4 Å². The van der Waals surface area contributed by atoms with Crippen LogP contribution in [0.3, 0.4) is 0 Å². The van der Waals surface area contributed by atoms with E-state index in [4.69, 9.17) is 20.7 Å². The second-order valence-corrected chi connectivity index (χ2v) is 13.8. The maximum absolute atomic E-state index is 11.7. The normalized spacial score (nSPS) is 10.8. The van der Waals surface area contributed by atoms with Crippen molar-refractivity contribution in [3.63, 3.8) is 0 Å². The van der Waals surface area contributed by atoms with Crippen molar-refractivity contribution < 1.29 is 29.3 Å². The third kappa shape index (κ3) is 14.5. The fourth-order valence-electron chi connectivity index (χ4n) is 6.19. The Morgan fingerprint density at radius 3 is 1.41 bits per heavy atom. The minimum absolute atomic E-state index is 0.208. The standard InChI is InChI=1S/C22H18N4.C15H22O2.2C7H6O2/c23-22(17-9-3-1-4-10-17,18-11-5-2-6-12-18)20-14-8-7-13-19(20)21-25-15-24-16-26-21;1-3-5-9-13(4-2)12-17-15(16)14-10-7-6-8-11-14;2*8-7(9)6-4-2-1-3-5-6/h1-16H,23H2;6-8,10-11,13H,3-5,9,12H2,1-2H3;2*1-5H,(H,8,9). The number of ether oxygens (including phenoxy) is 1. The molecular weight excluding hydrogens is 765 g/mol. The molecule has 7 aromatic rings. The highest BCUT2D eigenvalue weighted by Crippen LogP contribution is 2.38. The molecule has 7 rings (SSSR count). The molecule has 6 aromatic carbocycles. The Morgan fingerprint density at radius 1 is 0.590 bits per heavy atom. The van der Waals surface area contributed by atoms with E-state index in [2.05, 4.69) is 53.1 Å². The molecule has 0 aliphatic rings. The molecule has 61 heavy (non-hydrogen) atoms. The highest BCUT2D eigenvalue weighted by Gasteiger charge is 2.34. The van der Waals surface area contributed by atoms with Gasteiger partial charge < -0.3 is 20.7 Å². The fraction of sp³-hybridized carbons (Fsp3) is 0.176. The molecule has 1 unspecified atom stereocenters. The van der Waals surface area contributed by atoms with Crippen LogP contribution in [0.15, 0.2) is 189 Å². The summed E-state index contributed by atoms with van der Waals surface area (Å²) >= 11 is 0. The Balaban J connectivity index is 0.000000200. The summed E-state index contributed by atoms with van der Waals surface area (Å²) in [6.45, 7) is 4.88. The predicted octanol–water partition coefficient (Wildman–Crippen LogP) is 10.6. The van der Waals surface area contributed by atoms with Gasteiger partial charge in [0, 0.05) is 5.56 Å². The Hall–Kier alpha value is -7.30. The molecule has 1 heterocycles. The highest BCUT2D eigenvalue weighted by atomic mass is 16.5. The van der Waals surface area contributed by atoms with E-state index in [1.54, 1.807) is 72.8 Å². The van der Waals surface area contributed by atoms with E-state index in [1.165, 1.54) is 25.5 Å². The van der Waals surface area contributed by atoms with E-state index in [1.807, 2.05) is 78.9 Å². The van der Waals surface area contributed by atoms with Crippen molar-refractivity contribution in [3.05, 3.63) is 222 Å². The van der Waals surface area contributed by atoms with Crippen LogP contribution in [0, 0.1) is 5.92 Å². The lowest BCUT2D eigenvalue weighted by molar-refractivity contribution is 0.0427. The molecule has 0 fully saturated rings. The van der Waals surface area contributed by atoms with Crippen LogP contribution in [-0.4, -0.2) is 49.7 Å². The van der Waals surface area contributed by atoms with E-state index in [0.29, 0.717) is 35.0 Å². The van der Waals surface area contributed by atoms with Gasteiger partial charge in [-0.15, -0.1) is 0 Å². The lowest BCUT2D eigenvalue weighted by Gasteiger charge is -2.33. The Labute approximate surface area is 357 Å². The molecule has 0 saturated heterocycles. The first-order chi connectivity index (χ1) is 29.7. The number of carboxylic acids is 2. The summed E-state index contributed by atoms with van der Waals surface area (Å²) in [6.07, 6.45) is 7.63. The number of hydrogen-bond acceptors (Lipinski definition) is 8. The van der Waals surface area contributed by atoms with Crippen molar-refractivity contribution in [2.75, 3.05) is 6.61 Å². The molecule has 0 aliphatic heterocycles. The monoisotopic (exact) mass is 816 g/mol. The fourth-order valence-corrected chi connectivity index (χ4v) is 6.19. The molecule has 10 nitrogen and oxygen atoms in total. The van der Waals surface area contributed by atoms with Gasteiger partial charge in [-0.1, -0.05) is 173 Å². The van der Waals surface area contributed by atoms with Gasteiger partial charge in [0.05, 0.1) is 28.8 Å². The van der Waals surface area contributed by atoms with Gasteiger partial charge in [-0.25, -0.2) is 29.3 Å². The van der Waals surface area contributed by atoms with Crippen LogP contribution in [0.1, 0.15) is 87.3 Å². The molecule has 4 N–H and O–H groups in total. The summed E-state index contributed by atoms with van der Waals surface area (Å²) in [5.74, 6) is -0.855. The number of esters is 1. The molecule has 0 bridgehead atoms. The minimum atomic E-state index is -0.879. The van der Waals surface area contributed by atoms with E-state index >= 15 is 0 Å². The van der Waals surface area contributed by atoms with Gasteiger partial charge in [-0.05, 0) is 65.4 Å². The quantitative estimate of drug-likeness (QED) is 0.0753. The van der Waals surface area contributed by atoms with Crippen LogP contribution in [0.4, 0.5) is 0 Å². The number of carbonyl (C=O) groups excluding carboxylic acids is 1. The van der Waals surface area contributed by atoms with Crippen molar-refractivity contribution in [2.45, 2.75) is 45.1 Å². The number of aromatic carboxylic acids is 2. The zero-order chi connectivity index (χ0) is 43.7. The number of carboxylic acid groups (broad SMARTS) is 2. The van der Waals surface area contributed by atoms with Gasteiger partial charge in [0.1, 0.15) is 12.7 Å². The number of aromatic nitrogens is 3. The van der Waals surface area contributed by atoms with Crippen LogP contribution < -0.4 is 5.73 Å². The number of rotatable bonds is 13. The molecule has 10 heteroatoms. The summed E-state index contributed by atoms with van der Waals surface area (Å²) in [4.78, 5) is 44.7. The molecular formula is C51H52N4O6. The second kappa shape index (κ2) is 25.2. The zero-order valence-corrected chi connectivity index (χ0v) is 34.5. The molecule has 0 saturated carbocycles. The van der Waals surface area contributed by atoms with Gasteiger partial charge in [0.2, 0.25) is 0 Å². The second-order valence-electron chi connectivity index (χ2n) is 13.8. The Kier molecular flexibility index (Phi) is 19.2. The molecule has 312 valence electrons. The van der Waals surface area contributed by atoms with Crippen molar-refractivity contribution in [1.82, 2.24) is 15.0 Å². The Morgan fingerprint density at radius 2 is 1.00 bits per heavy atom. The number of nitrogens with zero attached hydrogens (tertiary/aromatic N) is 3. The number of benzene rings is 6. The highest BCUT2D eigenvalue weighted by molar-refractivity contribution is 5.89. The van der Waals surface area contributed by atoms with Crippen LogP contribution in [0.2, 0.25) is 0 Å². The smallest absolute Gasteiger partial charge is 0.338 e. The number of hydrogen-bond donors (Lipinski definition) is 3. The summed E-state index contributed by atoms with van der Waals surface area (Å²) in [6, 6.07) is 54.0. The van der Waals surface area contributed by atoms with E-state index in [-0.39, 0.29) is 5.97 Å². The summed E-state index contributed by atoms with van der Waals surface area (Å²) in [7, 11) is 0. The topological polar surface area (TPSA) is 166 Å². The molecule has 0 radical (unpaired) electrons. The summed E-state index contributed by atoms with van der Waals surface area (Å²) in [5, 5.41) is 16.8. The lowest BCUT2D eigenvalue weighted by Crippen LogP contribution is -2.39. The number of carbonyl (C=O) groups is 3. The minimum Gasteiger partial charge on any atom is -0.478 e. The Bertz CT molecular complexity index is 2230. The first-order valence-electron chi connectivity index (χ1n) is 20.1. The van der Waals surface area contributed by atoms with Gasteiger partial charge in [0.15, 0.2) is 5.82 Å². The molecule has 1 aromatic heterocycles. The largest absolute Gasteiger partial charge is 0.478 e. The first-order valence-corrected chi connectivity index (χ1v) is 20.1. The van der Waals surface area contributed by atoms with Crippen molar-refractivity contribution in [3.8, 4) is 11.4 Å². The SMILES string of the molecule is CCCCC(CC)COC(=O)c1ccccc1.NC(c1ccccc1)(c1ccccc1)c1ccccc1-c1ncncn1.O=C(O)c1ccccc1.O=C(O)c1ccccc1. The molecule has 0 spiro atoms. The zero-order valence-electron chi connectivity index (χ0n) is 34.5. The first kappa shape index (κ1) is 46.4. The lowest BCUT2D eigenvalue weighted by atomic mass is 9.76. The van der Waals surface area contributed by atoms with Crippen molar-refractivity contribution in [1.29, 1.82) is 0 Å². The number of nitrogens with two attached hydrogens (primary N) is 1. The maximum atomic E-state index is 11.7. The average molecular weight is 817 g/mol. The summed E-state index contributed by atoms with van der Waals surface area (Å²) in [5.41, 5.74) is 11.5. The maximum Gasteiger partial charge on any atom is 0.338 e. The van der Waals surface area contributed by atoms with Crippen LogP contribution >= 0.6 is 0 Å². The van der Waals surface area contributed by atoms with E-state index in [9.17, 15) is 14.4 Å². The number of unbranched alkanes of at least 4 members (excludes halogenated alkanes) is 1. The van der Waals surface area contributed by atoms with Crippen molar-refractivity contribution >= 4 is 17.9 Å². The van der Waals surface area contributed by atoms with Crippen molar-refractivity contribution in [2.24, 2.45) is 11.7 Å². The summed E-state index contributed by atoms with van der Waals surface area (Å²) < 4.78 is 5.34. The van der Waals surface area contributed by atoms with Gasteiger partial charge >= 0.3 is 17.9 Å². The van der Waals surface area contributed by atoms with Crippen LogP contribution in [-0.2, 0) is 10.3 Å². The van der Waals surface area contributed by atoms with Crippen LogP contribution in [0.5, 0.6) is 0 Å². The predicted molar refractivity (Wildman–Crippen MR) is 239 cm³/mol. The van der Waals surface area contributed by atoms with E-state index < -0.39 is 17.5 Å². The van der Waals surface area contributed by atoms with Gasteiger partial charge in [-0.2, -0.15) is 0 Å². The third-order valence-corrected chi connectivity index (χ3v) is 9.59. The third-order valence-electron chi connectivity index (χ3n) is 9.59. The van der Waals surface area contributed by atoms with Gasteiger partial charge in [-0.3, -0.25) is 0 Å². The molecule has 0 amide bonds. The molecule has 1 atom stereocenters. The van der Waals surface area contributed by atoms with E-state index in [0.717, 1.165) is 35.1 Å². The molecule has 0 aliphatic carbocycles. The average Bonchev–Trinajstić information content (AvgIpc) is 3.33.